The van der Waals surface area contributed by atoms with Crippen LogP contribution in [-0.2, 0) is 14.3 Å². The summed E-state index contributed by atoms with van der Waals surface area (Å²) in [5.41, 5.74) is 4.62. The second-order valence-electron chi connectivity index (χ2n) is 9.29. The number of morpholine rings is 1. The summed E-state index contributed by atoms with van der Waals surface area (Å²) in [5.74, 6) is -0.0658. The molecule has 2 aromatic carbocycles. The Balaban J connectivity index is 1.31. The molecule has 0 aromatic heterocycles. The van der Waals surface area contributed by atoms with Crippen LogP contribution in [0.2, 0.25) is 0 Å². The zero-order chi connectivity index (χ0) is 22.9. The maximum Gasteiger partial charge on any atom is 0.242 e. The van der Waals surface area contributed by atoms with Crippen molar-refractivity contribution < 1.29 is 19.4 Å². The minimum Gasteiger partial charge on any atom is -0.394 e. The standard InChI is InChI=1S/C26H31N3O4/c1-18-2-4-19(5-3-18)20-6-8-21(9-7-20)26-22-14-28(16-25(32)29(22)23(26)17-30)24(31)15-27-10-12-33-13-11-27/h2-9,22-23,26,30H,10-17H2,1H3/t22-,23+,26-/m1/s1. The smallest absolute Gasteiger partial charge is 0.242 e. The lowest BCUT2D eigenvalue weighted by Crippen LogP contribution is -2.73. The van der Waals surface area contributed by atoms with Crippen molar-refractivity contribution in [3.8, 4) is 11.1 Å². The molecule has 2 amide bonds. The Morgan fingerprint density at radius 1 is 1.03 bits per heavy atom. The van der Waals surface area contributed by atoms with Crippen molar-refractivity contribution in [2.75, 3.05) is 52.5 Å². The molecule has 1 N–H and O–H groups in total. The van der Waals surface area contributed by atoms with Gasteiger partial charge in [-0.3, -0.25) is 14.5 Å². The number of fused-ring (bicyclic) bond motifs is 1. The second kappa shape index (κ2) is 9.25. The average Bonchev–Trinajstić information content (AvgIpc) is 2.82. The van der Waals surface area contributed by atoms with Crippen molar-refractivity contribution in [3.63, 3.8) is 0 Å². The number of nitrogens with zero attached hydrogens (tertiary/aromatic N) is 3. The predicted molar refractivity (Wildman–Crippen MR) is 125 cm³/mol. The summed E-state index contributed by atoms with van der Waals surface area (Å²) in [6.45, 7) is 5.69. The molecule has 5 rings (SSSR count). The molecule has 0 saturated carbocycles. The van der Waals surface area contributed by atoms with E-state index in [-0.39, 0.29) is 43.0 Å². The van der Waals surface area contributed by atoms with Gasteiger partial charge >= 0.3 is 0 Å². The predicted octanol–water partition coefficient (Wildman–Crippen LogP) is 1.49. The number of aliphatic hydroxyl groups excluding tert-OH is 1. The van der Waals surface area contributed by atoms with Gasteiger partial charge in [-0.15, -0.1) is 0 Å². The lowest BCUT2D eigenvalue weighted by atomic mass is 9.73. The first-order chi connectivity index (χ1) is 16.0. The number of benzene rings is 2. The van der Waals surface area contributed by atoms with Gasteiger partial charge in [-0.2, -0.15) is 0 Å². The molecule has 3 aliphatic rings. The lowest BCUT2D eigenvalue weighted by Gasteiger charge is -2.58. The van der Waals surface area contributed by atoms with Gasteiger partial charge < -0.3 is 19.6 Å². The average molecular weight is 450 g/mol. The molecule has 7 heteroatoms. The molecule has 7 nitrogen and oxygen atoms in total. The normalized spacial score (nSPS) is 25.5. The van der Waals surface area contributed by atoms with Crippen molar-refractivity contribution in [1.82, 2.24) is 14.7 Å². The van der Waals surface area contributed by atoms with E-state index in [1.54, 1.807) is 9.80 Å². The van der Waals surface area contributed by atoms with Crippen LogP contribution in [0, 0.1) is 6.92 Å². The number of rotatable bonds is 5. The third-order valence-electron chi connectivity index (χ3n) is 7.25. The van der Waals surface area contributed by atoms with E-state index in [0.29, 0.717) is 26.3 Å². The van der Waals surface area contributed by atoms with Crippen molar-refractivity contribution in [2.45, 2.75) is 24.9 Å². The third-order valence-corrected chi connectivity index (χ3v) is 7.25. The van der Waals surface area contributed by atoms with Crippen LogP contribution in [0.3, 0.4) is 0 Å². The Kier molecular flexibility index (Phi) is 6.19. The minimum absolute atomic E-state index is 0.00850. The number of hydrogen-bond donors (Lipinski definition) is 1. The van der Waals surface area contributed by atoms with E-state index in [9.17, 15) is 14.7 Å². The monoisotopic (exact) mass is 449 g/mol. The number of aliphatic hydroxyl groups is 1. The summed E-state index contributed by atoms with van der Waals surface area (Å²) in [5, 5.41) is 10.0. The number of piperazine rings is 1. The van der Waals surface area contributed by atoms with Gasteiger partial charge in [0, 0.05) is 25.6 Å². The Bertz CT molecular complexity index is 1000. The van der Waals surface area contributed by atoms with Gasteiger partial charge in [-0.25, -0.2) is 0 Å². The van der Waals surface area contributed by atoms with Gasteiger partial charge in [0.2, 0.25) is 11.8 Å². The van der Waals surface area contributed by atoms with Gasteiger partial charge in [0.15, 0.2) is 0 Å². The first-order valence-electron chi connectivity index (χ1n) is 11.7. The molecule has 0 spiro atoms. The maximum absolute atomic E-state index is 12.9. The lowest BCUT2D eigenvalue weighted by molar-refractivity contribution is -0.167. The van der Waals surface area contributed by atoms with Crippen molar-refractivity contribution in [1.29, 1.82) is 0 Å². The molecule has 3 fully saturated rings. The maximum atomic E-state index is 12.9. The first kappa shape index (κ1) is 22.1. The molecule has 0 bridgehead atoms. The fourth-order valence-electron chi connectivity index (χ4n) is 5.38. The highest BCUT2D eigenvalue weighted by atomic mass is 16.5. The van der Waals surface area contributed by atoms with Crippen molar-refractivity contribution >= 4 is 11.8 Å². The molecular weight excluding hydrogens is 418 g/mol. The largest absolute Gasteiger partial charge is 0.394 e. The van der Waals surface area contributed by atoms with Crippen LogP contribution in [0.15, 0.2) is 48.5 Å². The van der Waals surface area contributed by atoms with Gasteiger partial charge in [0.05, 0.1) is 45.0 Å². The molecule has 2 aromatic rings. The quantitative estimate of drug-likeness (QED) is 0.749. The van der Waals surface area contributed by atoms with Crippen LogP contribution in [-0.4, -0.2) is 96.2 Å². The third kappa shape index (κ3) is 4.28. The molecule has 3 heterocycles. The van der Waals surface area contributed by atoms with E-state index < -0.39 is 0 Å². The van der Waals surface area contributed by atoms with Crippen molar-refractivity contribution in [2.24, 2.45) is 0 Å². The summed E-state index contributed by atoms with van der Waals surface area (Å²) in [6, 6.07) is 16.5. The number of hydrogen-bond acceptors (Lipinski definition) is 5. The molecule has 0 aliphatic carbocycles. The number of aryl methyl sites for hydroxylation is 1. The molecule has 33 heavy (non-hydrogen) atoms. The second-order valence-corrected chi connectivity index (χ2v) is 9.29. The SMILES string of the molecule is Cc1ccc(-c2ccc([C@@H]3[C@H]4CN(C(=O)CN5CCOCC5)CC(=O)N4[C@H]3CO)cc2)cc1. The van der Waals surface area contributed by atoms with Crippen molar-refractivity contribution in [3.05, 3.63) is 59.7 Å². The molecule has 3 atom stereocenters. The zero-order valence-electron chi connectivity index (χ0n) is 19.0. The first-order valence-corrected chi connectivity index (χ1v) is 11.7. The summed E-state index contributed by atoms with van der Waals surface area (Å²) in [4.78, 5) is 31.4. The molecular formula is C26H31N3O4. The summed E-state index contributed by atoms with van der Waals surface area (Å²) in [6.07, 6.45) is 0. The Labute approximate surface area is 194 Å². The molecule has 174 valence electrons. The van der Waals surface area contributed by atoms with Gasteiger partial charge in [0.25, 0.3) is 0 Å². The molecule has 3 saturated heterocycles. The van der Waals surface area contributed by atoms with E-state index in [1.165, 1.54) is 5.56 Å². The Hall–Kier alpha value is -2.74. The van der Waals surface area contributed by atoms with E-state index in [2.05, 4.69) is 60.4 Å². The number of carbonyl (C=O) groups is 2. The van der Waals surface area contributed by atoms with E-state index in [4.69, 9.17) is 4.74 Å². The summed E-state index contributed by atoms with van der Waals surface area (Å²) in [7, 11) is 0. The van der Waals surface area contributed by atoms with Crippen LogP contribution in [0.1, 0.15) is 17.0 Å². The van der Waals surface area contributed by atoms with Gasteiger partial charge in [0.1, 0.15) is 0 Å². The van der Waals surface area contributed by atoms with Crippen LogP contribution >= 0.6 is 0 Å². The highest BCUT2D eigenvalue weighted by molar-refractivity contribution is 5.88. The van der Waals surface area contributed by atoms with Crippen LogP contribution in [0.25, 0.3) is 11.1 Å². The highest BCUT2D eigenvalue weighted by Gasteiger charge is 2.54. The van der Waals surface area contributed by atoms with Crippen LogP contribution in [0.4, 0.5) is 0 Å². The molecule has 3 aliphatic heterocycles. The number of carbonyl (C=O) groups excluding carboxylic acids is 2. The fraction of sp³-hybridized carbons (Fsp3) is 0.462. The Morgan fingerprint density at radius 3 is 2.30 bits per heavy atom. The van der Waals surface area contributed by atoms with Crippen LogP contribution < -0.4 is 0 Å². The number of ether oxygens (including phenoxy) is 1. The fourth-order valence-corrected chi connectivity index (χ4v) is 5.38. The molecule has 0 unspecified atom stereocenters. The van der Waals surface area contributed by atoms with Gasteiger partial charge in [-0.1, -0.05) is 54.1 Å². The zero-order valence-corrected chi connectivity index (χ0v) is 19.0. The molecule has 0 radical (unpaired) electrons. The van der Waals surface area contributed by atoms with E-state index in [0.717, 1.165) is 29.8 Å². The highest BCUT2D eigenvalue weighted by Crippen LogP contribution is 2.43. The van der Waals surface area contributed by atoms with Gasteiger partial charge in [-0.05, 0) is 23.6 Å². The number of amides is 2. The topological polar surface area (TPSA) is 73.3 Å². The van der Waals surface area contributed by atoms with E-state index >= 15 is 0 Å². The van der Waals surface area contributed by atoms with E-state index in [1.807, 2.05) is 0 Å². The minimum atomic E-state index is -0.232. The Morgan fingerprint density at radius 2 is 1.67 bits per heavy atom. The van der Waals surface area contributed by atoms with Crippen LogP contribution in [0.5, 0.6) is 0 Å². The summed E-state index contributed by atoms with van der Waals surface area (Å²) >= 11 is 0. The summed E-state index contributed by atoms with van der Waals surface area (Å²) < 4.78 is 5.36.